The molecule has 5 spiro atoms. The monoisotopic (exact) mass is 1080 g/mol. The normalized spacial score (nSPS) is 46.9. The van der Waals surface area contributed by atoms with Gasteiger partial charge in [-0.3, -0.25) is 14.9 Å². The molecule has 424 valence electrons. The zero-order valence-electron chi connectivity index (χ0n) is 47.0. The Morgan fingerprint density at radius 3 is 2.57 bits per heavy atom. The number of cyclic esters (lactones) is 1. The van der Waals surface area contributed by atoms with Gasteiger partial charge in [0.2, 0.25) is 0 Å². The zero-order chi connectivity index (χ0) is 54.2. The molecule has 13 nitrogen and oxygen atoms in total. The highest BCUT2D eigenvalue weighted by atomic mass is 16.7. The van der Waals surface area contributed by atoms with Crippen LogP contribution in [-0.4, -0.2) is 106 Å². The molecule has 7 aliphatic carbocycles. The first-order valence-electron chi connectivity index (χ1n) is 31.2. The Labute approximate surface area is 466 Å². The first kappa shape index (κ1) is 51.8. The van der Waals surface area contributed by atoms with E-state index in [0.29, 0.717) is 87.3 Å². The van der Waals surface area contributed by atoms with Crippen LogP contribution in [0.5, 0.6) is 0 Å². The lowest BCUT2D eigenvalue weighted by atomic mass is 9.30. The molecule has 4 bridgehead atoms. The average molecular weight is 1080 g/mol. The van der Waals surface area contributed by atoms with E-state index in [0.717, 1.165) is 82.1 Å². The number of allylic oxidation sites excluding steroid dienone is 1. The van der Waals surface area contributed by atoms with Crippen LogP contribution in [0.15, 0.2) is 53.3 Å². The summed E-state index contributed by atoms with van der Waals surface area (Å²) in [6, 6.07) is 11.1. The smallest absolute Gasteiger partial charge is 0.339 e. The highest BCUT2D eigenvalue weighted by Gasteiger charge is 2.96. The lowest BCUT2D eigenvalue weighted by Crippen LogP contribution is -2.82. The van der Waals surface area contributed by atoms with Crippen molar-refractivity contribution in [2.75, 3.05) is 26.4 Å². The summed E-state index contributed by atoms with van der Waals surface area (Å²) in [5.74, 6) is 6.41. The third-order valence-electron chi connectivity index (χ3n) is 25.3. The number of carbonyl (C=O) groups excluding carboxylic acids is 3. The predicted octanol–water partition coefficient (Wildman–Crippen LogP) is 7.99. The van der Waals surface area contributed by atoms with Crippen LogP contribution in [0.4, 0.5) is 0 Å². The van der Waals surface area contributed by atoms with Crippen molar-refractivity contribution in [1.82, 2.24) is 10.2 Å². The molecule has 5 saturated heterocycles. The highest BCUT2D eigenvalue weighted by molar-refractivity contribution is 5.93. The number of carbonyl (C=O) groups is 3. The molecule has 79 heavy (non-hydrogen) atoms. The molecule has 1 aromatic carbocycles. The van der Waals surface area contributed by atoms with Crippen LogP contribution in [-0.2, 0) is 58.2 Å². The summed E-state index contributed by atoms with van der Waals surface area (Å²) in [6.45, 7) is 10.2. The Morgan fingerprint density at radius 1 is 0.949 bits per heavy atom. The summed E-state index contributed by atoms with van der Waals surface area (Å²) in [6.07, 6.45) is 15.2. The van der Waals surface area contributed by atoms with E-state index in [4.69, 9.17) is 23.4 Å². The Balaban J connectivity index is 0.917. The molecule has 21 atom stereocenters. The molecular formula is C66H84N2O11. The topological polar surface area (TPSA) is 181 Å². The fraction of sp³-hybridized carbons (Fsp3) is 0.742. The van der Waals surface area contributed by atoms with Gasteiger partial charge in [0.15, 0.2) is 17.5 Å². The number of aliphatic hydroxyl groups is 3. The van der Waals surface area contributed by atoms with E-state index in [-0.39, 0.29) is 54.6 Å². The Morgan fingerprint density at radius 2 is 1.77 bits per heavy atom. The molecule has 0 unspecified atom stereocenters. The first-order valence-corrected chi connectivity index (χ1v) is 31.2. The second-order valence-corrected chi connectivity index (χ2v) is 28.9. The van der Waals surface area contributed by atoms with Gasteiger partial charge in [0, 0.05) is 46.7 Å². The highest BCUT2D eigenvalue weighted by Crippen LogP contribution is 2.86. The molecule has 13 heteroatoms. The van der Waals surface area contributed by atoms with Gasteiger partial charge in [-0.05, 0) is 168 Å². The van der Waals surface area contributed by atoms with Crippen LogP contribution in [0, 0.1) is 98.6 Å². The molecule has 0 amide bonds. The van der Waals surface area contributed by atoms with E-state index < -0.39 is 86.6 Å². The van der Waals surface area contributed by atoms with E-state index in [2.05, 4.69) is 92.4 Å². The van der Waals surface area contributed by atoms with Crippen LogP contribution in [0.2, 0.25) is 0 Å². The summed E-state index contributed by atoms with van der Waals surface area (Å²) in [4.78, 5) is 49.9. The molecule has 15 rings (SSSR count). The van der Waals surface area contributed by atoms with Crippen LogP contribution < -0.4 is 5.32 Å². The number of nitrogens with one attached hydrogen (secondary N) is 1. The van der Waals surface area contributed by atoms with Crippen molar-refractivity contribution in [3.05, 3.63) is 71.3 Å². The maximum atomic E-state index is 16.8. The van der Waals surface area contributed by atoms with Gasteiger partial charge in [0.1, 0.15) is 24.1 Å². The van der Waals surface area contributed by atoms with Crippen LogP contribution in [0.25, 0.3) is 0 Å². The number of epoxide rings is 1. The Bertz CT molecular complexity index is 2900. The van der Waals surface area contributed by atoms with Crippen LogP contribution >= 0.6 is 0 Å². The standard InChI is InChI=1S/C66H84N2O11/c1-37(2)20-25-60(3)54-53(71)55(72)64-47-29-39(28-38-10-6-5-7-11-38)12-13-40(47)14-17-44-18-15-43-34-75-50(31-46(49(70)33-69)41-16-19-45-42(30-41)22-27-68-36-67-32-48(45)68)52(43)65(44)61(4,66(64)56(77-66)57(73)78-65)26-21-51(64)63(54)35-76-59(74)62(58(63)79-60)23-8-9-24-62/h5-7,10-11,22,27,34,37,39-42,44-49,51,54-56,58,67,69-70,72H,8-9,12-13,15-16,18-21,23-26,28-33,35-36H2,1-4H3/t39-,40+,41-,42-,44-,45+,46+,47+,48-,49-,51-,54-,55-,56-,58+,60+,61+,63-,64+,65+,66-/m1/s1. The third-order valence-corrected chi connectivity index (χ3v) is 25.3. The van der Waals surface area contributed by atoms with E-state index in [1.807, 2.05) is 6.26 Å². The van der Waals surface area contributed by atoms with Gasteiger partial charge in [0.05, 0.1) is 54.6 Å². The van der Waals surface area contributed by atoms with Gasteiger partial charge < -0.3 is 43.6 Å². The quantitative estimate of drug-likeness (QED) is 0.102. The lowest BCUT2D eigenvalue weighted by Gasteiger charge is -2.72. The van der Waals surface area contributed by atoms with Crippen molar-refractivity contribution in [3.8, 4) is 11.8 Å². The largest absolute Gasteiger partial charge is 0.469 e. The zero-order valence-corrected chi connectivity index (χ0v) is 47.0. The molecule has 13 aliphatic rings. The second-order valence-electron chi connectivity index (χ2n) is 28.9. The van der Waals surface area contributed by atoms with Gasteiger partial charge in [-0.1, -0.05) is 81.9 Å². The van der Waals surface area contributed by atoms with Crippen molar-refractivity contribution in [2.45, 2.75) is 191 Å². The fourth-order valence-electron chi connectivity index (χ4n) is 22.3. The van der Waals surface area contributed by atoms with E-state index in [1.165, 1.54) is 5.56 Å². The van der Waals surface area contributed by atoms with Crippen molar-refractivity contribution in [3.63, 3.8) is 0 Å². The Kier molecular flexibility index (Phi) is 11.8. The van der Waals surface area contributed by atoms with Gasteiger partial charge in [-0.25, -0.2) is 4.79 Å². The maximum Gasteiger partial charge on any atom is 0.339 e. The minimum atomic E-state index is -1.55. The van der Waals surface area contributed by atoms with Crippen molar-refractivity contribution < 1.29 is 53.1 Å². The van der Waals surface area contributed by atoms with Crippen LogP contribution in [0.3, 0.4) is 0 Å². The molecule has 10 fully saturated rings. The van der Waals surface area contributed by atoms with Gasteiger partial charge in [-0.15, -0.1) is 0 Å². The van der Waals surface area contributed by atoms with E-state index >= 15 is 9.59 Å². The number of furan rings is 1. The van der Waals surface area contributed by atoms with E-state index in [1.54, 1.807) is 0 Å². The number of esters is 2. The lowest BCUT2D eigenvalue weighted by molar-refractivity contribution is -0.307. The molecular weight excluding hydrogens is 997 g/mol. The summed E-state index contributed by atoms with van der Waals surface area (Å²) in [5, 5.41) is 40.9. The number of nitrogens with zero attached hydrogens (tertiary/aromatic N) is 1. The summed E-state index contributed by atoms with van der Waals surface area (Å²) >= 11 is 0. The molecule has 0 radical (unpaired) electrons. The first-order chi connectivity index (χ1) is 38.1. The summed E-state index contributed by atoms with van der Waals surface area (Å²) in [7, 11) is 0. The molecule has 6 aliphatic heterocycles. The second kappa shape index (κ2) is 18.0. The third kappa shape index (κ3) is 6.60. The van der Waals surface area contributed by atoms with Gasteiger partial charge in [0.25, 0.3) is 0 Å². The minimum absolute atomic E-state index is 0.0101. The van der Waals surface area contributed by atoms with Crippen molar-refractivity contribution in [2.24, 2.45) is 86.8 Å². The number of hydrogen-bond donors (Lipinski definition) is 4. The number of Topliss-reactive ketones (excluding diaryl/α,β-unsaturated/α-hetero) is 1. The van der Waals surface area contributed by atoms with Crippen molar-refractivity contribution in [1.29, 1.82) is 0 Å². The number of ether oxygens (including phenoxy) is 4. The van der Waals surface area contributed by atoms with Gasteiger partial charge >= 0.3 is 11.9 Å². The predicted molar refractivity (Wildman–Crippen MR) is 290 cm³/mol. The molecule has 5 saturated carbocycles. The molecule has 1 aromatic heterocycles. The van der Waals surface area contributed by atoms with Crippen LogP contribution in [0.1, 0.15) is 146 Å². The number of aliphatic hydroxyl groups excluding tert-OH is 3. The molecule has 4 N–H and O–H groups in total. The minimum Gasteiger partial charge on any atom is -0.469 e. The summed E-state index contributed by atoms with van der Waals surface area (Å²) in [5.41, 5.74) is -5.23. The number of fused-ring (bicyclic) bond motifs is 6. The number of aryl methyl sites for hydroxylation is 1. The van der Waals surface area contributed by atoms with E-state index in [9.17, 15) is 20.1 Å². The molecule has 2 aromatic rings. The number of ketones is 1. The number of benzene rings is 1. The SMILES string of the molecule is CC(C)CC[C@]1(C)O[C@H]2C3(CCCC3)C(=O)OC[C@]23[C@H]2CC[C@]4(C)[C@]56O[C@@H]5C(=O)O[C@@]45c4c(coc4C[C@@H]([C@@H]4CC[C@H]7[C@H](C=CN8CNC[C@H]78)C4)[C@H](O)CO)CC[C@H]5C#C[C@@H]4CC[C@H](Cc5ccccc5)C[C@@H]4[C@@]26[C@H](O)C(=O)[C@@H]31. The number of hydrogen-bond acceptors (Lipinski definition) is 13. The summed E-state index contributed by atoms with van der Waals surface area (Å²) < 4.78 is 36.3. The average Bonchev–Trinajstić information content (AvgIpc) is 1.60. The molecule has 7 heterocycles. The fourth-order valence-corrected chi connectivity index (χ4v) is 22.3. The maximum absolute atomic E-state index is 16.8. The van der Waals surface area contributed by atoms with Gasteiger partial charge in [-0.2, -0.15) is 0 Å². The van der Waals surface area contributed by atoms with Crippen molar-refractivity contribution >= 4 is 17.7 Å². The number of rotatable bonds is 10. The Hall–Kier alpha value is -4.03.